The Balaban J connectivity index is 2.24. The third-order valence-electron chi connectivity index (χ3n) is 5.03. The van der Waals surface area contributed by atoms with Crippen molar-refractivity contribution in [3.63, 3.8) is 0 Å². The van der Waals surface area contributed by atoms with Crippen LogP contribution in [0.2, 0.25) is 0 Å². The molecule has 1 unspecified atom stereocenters. The van der Waals surface area contributed by atoms with Gasteiger partial charge in [-0.1, -0.05) is 19.1 Å². The molecule has 0 fully saturated rings. The lowest BCUT2D eigenvalue weighted by Crippen LogP contribution is -2.11. The summed E-state index contributed by atoms with van der Waals surface area (Å²) in [5.41, 5.74) is 3.55. The Morgan fingerprint density at radius 2 is 1.69 bits per heavy atom. The highest BCUT2D eigenvalue weighted by Gasteiger charge is 2.25. The summed E-state index contributed by atoms with van der Waals surface area (Å²) in [5, 5.41) is 9.63. The third-order valence-corrected chi connectivity index (χ3v) is 6.16. The third kappa shape index (κ3) is 4.10. The van der Waals surface area contributed by atoms with Gasteiger partial charge in [0.15, 0.2) is 9.84 Å². The summed E-state index contributed by atoms with van der Waals surface area (Å²) < 4.78 is 38.8. The monoisotopic (exact) mass is 415 g/mol. The van der Waals surface area contributed by atoms with Gasteiger partial charge in [0.2, 0.25) is 0 Å². The second-order valence-corrected chi connectivity index (χ2v) is 8.99. The van der Waals surface area contributed by atoms with Crippen LogP contribution in [-0.2, 0) is 14.6 Å². The fraction of sp³-hybridized carbons (Fsp3) is 0.227. The van der Waals surface area contributed by atoms with Crippen molar-refractivity contribution in [2.45, 2.75) is 31.1 Å². The van der Waals surface area contributed by atoms with Crippen LogP contribution in [0.4, 0.5) is 4.39 Å². The normalized spacial score (nSPS) is 12.7. The molecule has 3 aromatic rings. The molecule has 0 saturated carbocycles. The van der Waals surface area contributed by atoms with E-state index in [0.717, 1.165) is 17.5 Å². The number of benzene rings is 2. The molecule has 7 heteroatoms. The molecule has 0 spiro atoms. The number of carboxylic acid groups (broad SMARTS) is 1. The highest BCUT2D eigenvalue weighted by atomic mass is 32.2. The van der Waals surface area contributed by atoms with Gasteiger partial charge in [-0.2, -0.15) is 0 Å². The van der Waals surface area contributed by atoms with E-state index in [1.165, 1.54) is 24.3 Å². The van der Waals surface area contributed by atoms with E-state index in [2.05, 4.69) is 0 Å². The minimum atomic E-state index is -3.33. The minimum absolute atomic E-state index is 0.204. The first-order chi connectivity index (χ1) is 13.6. The van der Waals surface area contributed by atoms with E-state index in [-0.39, 0.29) is 10.7 Å². The Bertz CT molecular complexity index is 1150. The zero-order valence-electron chi connectivity index (χ0n) is 16.4. The molecule has 0 aliphatic carbocycles. The van der Waals surface area contributed by atoms with Crippen LogP contribution in [0.1, 0.15) is 30.5 Å². The molecule has 0 aliphatic rings. The minimum Gasteiger partial charge on any atom is -0.481 e. The summed E-state index contributed by atoms with van der Waals surface area (Å²) in [4.78, 5) is 12.0. The number of nitrogens with zero attached hydrogens (tertiary/aromatic N) is 1. The highest BCUT2D eigenvalue weighted by molar-refractivity contribution is 7.90. The molecular weight excluding hydrogens is 393 g/mol. The maximum absolute atomic E-state index is 13.4. The van der Waals surface area contributed by atoms with E-state index in [0.29, 0.717) is 23.4 Å². The number of aromatic nitrogens is 1. The Labute approximate surface area is 169 Å². The quantitative estimate of drug-likeness (QED) is 0.640. The molecule has 1 aromatic heterocycles. The molecule has 0 radical (unpaired) electrons. The van der Waals surface area contributed by atoms with Crippen molar-refractivity contribution >= 4 is 15.8 Å². The molecule has 2 aromatic carbocycles. The molecule has 29 heavy (non-hydrogen) atoms. The standard InChI is InChI=1S/C22H22FNO4S/c1-4-19(22(25)26)20-13-21(15-5-11-18(12-6-15)29(3,27)28)24(14(20)2)17-9-7-16(23)8-10-17/h5-13,19H,4H2,1-3H3,(H,25,26). The highest BCUT2D eigenvalue weighted by Crippen LogP contribution is 2.35. The first-order valence-electron chi connectivity index (χ1n) is 9.15. The second kappa shape index (κ2) is 7.83. The molecule has 1 atom stereocenters. The molecule has 5 nitrogen and oxygen atoms in total. The lowest BCUT2D eigenvalue weighted by Gasteiger charge is -2.14. The fourth-order valence-electron chi connectivity index (χ4n) is 3.51. The van der Waals surface area contributed by atoms with Crippen LogP contribution in [-0.4, -0.2) is 30.3 Å². The van der Waals surface area contributed by atoms with E-state index in [1.54, 1.807) is 24.3 Å². The van der Waals surface area contributed by atoms with Crippen molar-refractivity contribution in [3.8, 4) is 16.9 Å². The zero-order valence-corrected chi connectivity index (χ0v) is 17.2. The van der Waals surface area contributed by atoms with Crippen LogP contribution in [0, 0.1) is 12.7 Å². The number of carbonyl (C=O) groups is 1. The van der Waals surface area contributed by atoms with Crippen LogP contribution in [0.15, 0.2) is 59.5 Å². The zero-order chi connectivity index (χ0) is 21.3. The van der Waals surface area contributed by atoms with Crippen LogP contribution < -0.4 is 0 Å². The van der Waals surface area contributed by atoms with E-state index >= 15 is 0 Å². The molecule has 0 amide bonds. The number of carboxylic acids is 1. The summed E-state index contributed by atoms with van der Waals surface area (Å²) >= 11 is 0. The van der Waals surface area contributed by atoms with E-state index in [1.807, 2.05) is 24.5 Å². The van der Waals surface area contributed by atoms with Crippen molar-refractivity contribution in [2.24, 2.45) is 0 Å². The molecule has 1 heterocycles. The predicted molar refractivity (Wildman–Crippen MR) is 110 cm³/mol. The summed E-state index contributed by atoms with van der Waals surface area (Å²) in [6, 6.07) is 14.2. The maximum Gasteiger partial charge on any atom is 0.311 e. The van der Waals surface area contributed by atoms with Crippen molar-refractivity contribution in [1.82, 2.24) is 4.57 Å². The smallest absolute Gasteiger partial charge is 0.311 e. The van der Waals surface area contributed by atoms with E-state index in [4.69, 9.17) is 0 Å². The molecule has 1 N–H and O–H groups in total. The average molecular weight is 415 g/mol. The average Bonchev–Trinajstić information content (AvgIpc) is 2.99. The number of hydrogen-bond acceptors (Lipinski definition) is 3. The molecule has 152 valence electrons. The van der Waals surface area contributed by atoms with Crippen molar-refractivity contribution < 1.29 is 22.7 Å². The van der Waals surface area contributed by atoms with Gasteiger partial charge in [0, 0.05) is 17.6 Å². The Kier molecular flexibility index (Phi) is 5.61. The number of aliphatic carboxylic acids is 1. The van der Waals surface area contributed by atoms with Gasteiger partial charge in [0.1, 0.15) is 5.82 Å². The second-order valence-electron chi connectivity index (χ2n) is 6.98. The predicted octanol–water partition coefficient (Wildman–Crippen LogP) is 4.57. The summed E-state index contributed by atoms with van der Waals surface area (Å²) in [5.74, 6) is -1.95. The molecule has 0 saturated heterocycles. The fourth-order valence-corrected chi connectivity index (χ4v) is 4.15. The largest absolute Gasteiger partial charge is 0.481 e. The molecule has 0 aliphatic heterocycles. The topological polar surface area (TPSA) is 76.4 Å². The van der Waals surface area contributed by atoms with E-state index < -0.39 is 21.7 Å². The van der Waals surface area contributed by atoms with Gasteiger partial charge in [0.05, 0.1) is 16.5 Å². The number of rotatable bonds is 6. The van der Waals surface area contributed by atoms with Gasteiger partial charge >= 0.3 is 5.97 Å². The van der Waals surface area contributed by atoms with Crippen LogP contribution in [0.3, 0.4) is 0 Å². The van der Waals surface area contributed by atoms with Crippen LogP contribution in [0.25, 0.3) is 16.9 Å². The number of halogens is 1. The van der Waals surface area contributed by atoms with Gasteiger partial charge in [-0.05, 0) is 66.9 Å². The van der Waals surface area contributed by atoms with Gasteiger partial charge < -0.3 is 9.67 Å². The Hall–Kier alpha value is -2.93. The van der Waals surface area contributed by atoms with Gasteiger partial charge in [-0.3, -0.25) is 4.79 Å². The lowest BCUT2D eigenvalue weighted by atomic mass is 9.96. The summed E-state index contributed by atoms with van der Waals surface area (Å²) in [7, 11) is -3.33. The Morgan fingerprint density at radius 3 is 2.17 bits per heavy atom. The van der Waals surface area contributed by atoms with Crippen LogP contribution >= 0.6 is 0 Å². The first kappa shape index (κ1) is 20.8. The summed E-state index contributed by atoms with van der Waals surface area (Å²) in [6.45, 7) is 3.65. The first-order valence-corrected chi connectivity index (χ1v) is 11.0. The SMILES string of the molecule is CCC(C(=O)O)c1cc(-c2ccc(S(C)(=O)=O)cc2)n(-c2ccc(F)cc2)c1C. The summed E-state index contributed by atoms with van der Waals surface area (Å²) in [6.07, 6.45) is 1.57. The van der Waals surface area contributed by atoms with Gasteiger partial charge in [0.25, 0.3) is 0 Å². The van der Waals surface area contributed by atoms with Crippen LogP contribution in [0.5, 0.6) is 0 Å². The van der Waals surface area contributed by atoms with Gasteiger partial charge in [-0.15, -0.1) is 0 Å². The maximum atomic E-state index is 13.4. The van der Waals surface area contributed by atoms with Gasteiger partial charge in [-0.25, -0.2) is 12.8 Å². The van der Waals surface area contributed by atoms with E-state index in [9.17, 15) is 22.7 Å². The van der Waals surface area contributed by atoms with Crippen molar-refractivity contribution in [3.05, 3.63) is 71.7 Å². The molecule has 3 rings (SSSR count). The molecule has 0 bridgehead atoms. The Morgan fingerprint density at radius 1 is 1.10 bits per heavy atom. The molecular formula is C22H22FNO4S. The number of hydrogen-bond donors (Lipinski definition) is 1. The number of sulfone groups is 1. The van der Waals surface area contributed by atoms with Crippen molar-refractivity contribution in [1.29, 1.82) is 0 Å². The lowest BCUT2D eigenvalue weighted by molar-refractivity contribution is -0.138. The van der Waals surface area contributed by atoms with Crippen molar-refractivity contribution in [2.75, 3.05) is 6.26 Å².